The minimum absolute atomic E-state index is 0.255. The number of hydrogen-bond donors (Lipinski definition) is 2. The average Bonchev–Trinajstić information content (AvgIpc) is 3.03. The molecule has 0 radical (unpaired) electrons. The largest absolute Gasteiger partial charge is 0.462 e. The van der Waals surface area contributed by atoms with Gasteiger partial charge < -0.3 is 20.3 Å². The zero-order valence-corrected chi connectivity index (χ0v) is 15.3. The number of carbonyl (C=O) groups is 3. The lowest BCUT2D eigenvalue weighted by Gasteiger charge is -2.17. The van der Waals surface area contributed by atoms with E-state index >= 15 is 0 Å². The number of nitrogens with one attached hydrogen (secondary N) is 2. The highest BCUT2D eigenvalue weighted by atomic mass is 19.1. The van der Waals surface area contributed by atoms with Crippen molar-refractivity contribution in [3.05, 3.63) is 59.9 Å². The molecule has 3 amide bonds. The number of amides is 3. The summed E-state index contributed by atoms with van der Waals surface area (Å²) in [6.45, 7) is 2.39. The molecule has 2 N–H and O–H groups in total. The number of ether oxygens (including phenoxy) is 1. The van der Waals surface area contributed by atoms with Gasteiger partial charge in [0.15, 0.2) is 0 Å². The van der Waals surface area contributed by atoms with Crippen molar-refractivity contribution in [3.63, 3.8) is 0 Å². The van der Waals surface area contributed by atoms with E-state index in [1.54, 1.807) is 25.1 Å². The molecule has 1 aliphatic heterocycles. The van der Waals surface area contributed by atoms with Crippen molar-refractivity contribution in [2.75, 3.05) is 23.4 Å². The maximum Gasteiger partial charge on any atom is 0.338 e. The lowest BCUT2D eigenvalue weighted by Crippen LogP contribution is -2.43. The molecule has 0 saturated carbocycles. The van der Waals surface area contributed by atoms with E-state index in [1.807, 2.05) is 0 Å². The Bertz CT molecular complexity index is 885. The molecule has 0 spiro atoms. The van der Waals surface area contributed by atoms with Crippen LogP contribution in [0.3, 0.4) is 0 Å². The third-order valence-corrected chi connectivity index (χ3v) is 4.28. The third kappa shape index (κ3) is 4.46. The molecule has 1 aliphatic rings. The van der Waals surface area contributed by atoms with Crippen molar-refractivity contribution in [1.29, 1.82) is 0 Å². The van der Waals surface area contributed by atoms with Gasteiger partial charge in [0.25, 0.3) is 0 Å². The summed E-state index contributed by atoms with van der Waals surface area (Å²) in [6.07, 6.45) is 0.437. The monoisotopic (exact) mass is 385 g/mol. The van der Waals surface area contributed by atoms with E-state index in [2.05, 4.69) is 10.6 Å². The molecule has 0 aliphatic carbocycles. The fourth-order valence-electron chi connectivity index (χ4n) is 2.96. The predicted octanol–water partition coefficient (Wildman–Crippen LogP) is 2.93. The maximum atomic E-state index is 13.1. The van der Waals surface area contributed by atoms with Gasteiger partial charge >= 0.3 is 12.0 Å². The minimum atomic E-state index is -0.682. The summed E-state index contributed by atoms with van der Waals surface area (Å²) in [5.41, 5.74) is 1.31. The van der Waals surface area contributed by atoms with Crippen LogP contribution >= 0.6 is 0 Å². The van der Waals surface area contributed by atoms with Crippen molar-refractivity contribution in [1.82, 2.24) is 5.32 Å². The Morgan fingerprint density at radius 3 is 2.68 bits per heavy atom. The third-order valence-electron chi connectivity index (χ3n) is 4.28. The zero-order chi connectivity index (χ0) is 20.1. The highest BCUT2D eigenvalue weighted by Crippen LogP contribution is 2.22. The highest BCUT2D eigenvalue weighted by molar-refractivity contribution is 6.02. The summed E-state index contributed by atoms with van der Waals surface area (Å²) in [5.74, 6) is -1.12. The number of hydrogen-bond acceptors (Lipinski definition) is 4. The van der Waals surface area contributed by atoms with Crippen molar-refractivity contribution in [2.24, 2.45) is 0 Å². The zero-order valence-electron chi connectivity index (χ0n) is 15.3. The Balaban J connectivity index is 1.59. The van der Waals surface area contributed by atoms with Crippen molar-refractivity contribution in [2.45, 2.75) is 19.4 Å². The Morgan fingerprint density at radius 1 is 1.21 bits per heavy atom. The molecule has 146 valence electrons. The van der Waals surface area contributed by atoms with E-state index in [0.29, 0.717) is 29.9 Å². The van der Waals surface area contributed by atoms with Crippen LogP contribution in [0.1, 0.15) is 23.7 Å². The molecule has 7 nitrogen and oxygen atoms in total. The molecule has 1 atom stereocenters. The second-order valence-corrected chi connectivity index (χ2v) is 6.21. The van der Waals surface area contributed by atoms with Crippen LogP contribution in [0.15, 0.2) is 48.5 Å². The summed E-state index contributed by atoms with van der Waals surface area (Å²) in [7, 11) is 0. The molecule has 1 fully saturated rings. The van der Waals surface area contributed by atoms with E-state index in [0.717, 1.165) is 0 Å². The number of rotatable bonds is 5. The summed E-state index contributed by atoms with van der Waals surface area (Å²) in [4.78, 5) is 38.1. The van der Waals surface area contributed by atoms with E-state index in [4.69, 9.17) is 4.74 Å². The molecule has 3 rings (SSSR count). The van der Waals surface area contributed by atoms with Crippen LogP contribution in [-0.2, 0) is 9.53 Å². The summed E-state index contributed by atoms with van der Waals surface area (Å²) >= 11 is 0. The Labute approximate surface area is 161 Å². The van der Waals surface area contributed by atoms with Crippen molar-refractivity contribution < 1.29 is 23.5 Å². The van der Waals surface area contributed by atoms with Crippen LogP contribution in [0.2, 0.25) is 0 Å². The van der Waals surface area contributed by atoms with Gasteiger partial charge in [0, 0.05) is 17.9 Å². The van der Waals surface area contributed by atoms with Crippen molar-refractivity contribution >= 4 is 29.3 Å². The number of anilines is 2. The number of esters is 1. The van der Waals surface area contributed by atoms with Gasteiger partial charge in [-0.3, -0.25) is 4.79 Å². The molecule has 28 heavy (non-hydrogen) atoms. The van der Waals surface area contributed by atoms with Crippen molar-refractivity contribution in [3.8, 4) is 0 Å². The molecule has 8 heteroatoms. The first-order valence-corrected chi connectivity index (χ1v) is 8.89. The second-order valence-electron chi connectivity index (χ2n) is 6.21. The second kappa shape index (κ2) is 8.51. The fraction of sp³-hybridized carbons (Fsp3) is 0.250. The number of urea groups is 1. The van der Waals surface area contributed by atoms with Crippen LogP contribution in [0.25, 0.3) is 0 Å². The molecule has 0 aromatic heterocycles. The van der Waals surface area contributed by atoms with E-state index in [9.17, 15) is 18.8 Å². The first-order chi connectivity index (χ1) is 13.5. The van der Waals surface area contributed by atoms with Crippen LogP contribution < -0.4 is 15.5 Å². The highest BCUT2D eigenvalue weighted by Gasteiger charge is 2.33. The first kappa shape index (κ1) is 19.3. The number of benzene rings is 2. The molecular formula is C20H20FN3O4. The first-order valence-electron chi connectivity index (χ1n) is 8.89. The van der Waals surface area contributed by atoms with Crippen LogP contribution in [-0.4, -0.2) is 37.1 Å². The molecule has 2 aromatic carbocycles. The lowest BCUT2D eigenvalue weighted by molar-refractivity contribution is -0.118. The van der Waals surface area contributed by atoms with Crippen LogP contribution in [0.4, 0.5) is 20.6 Å². The lowest BCUT2D eigenvalue weighted by atomic mass is 10.2. The van der Waals surface area contributed by atoms with E-state index < -0.39 is 18.0 Å². The predicted molar refractivity (Wildman–Crippen MR) is 102 cm³/mol. The summed E-state index contributed by atoms with van der Waals surface area (Å²) in [6, 6.07) is 10.7. The molecule has 2 aromatic rings. The van der Waals surface area contributed by atoms with Crippen LogP contribution in [0, 0.1) is 5.82 Å². The van der Waals surface area contributed by atoms with Gasteiger partial charge in [0.1, 0.15) is 11.9 Å². The number of nitrogens with zero attached hydrogens (tertiary/aromatic N) is 1. The number of carbonyl (C=O) groups excluding carboxylic acids is 3. The standard InChI is InChI=1S/C20H20FN3O4/c1-2-28-19(26)13-4-3-5-15(12-13)22-20(27)23-17-10-11-24(18(17)25)16-8-6-14(21)7-9-16/h3-9,12,17H,2,10-11H2,1H3,(H2,22,23,27)/t17-/m0/s1. The minimum Gasteiger partial charge on any atom is -0.462 e. The smallest absolute Gasteiger partial charge is 0.338 e. The Kier molecular flexibility index (Phi) is 5.88. The summed E-state index contributed by atoms with van der Waals surface area (Å²) in [5, 5.41) is 5.24. The molecular weight excluding hydrogens is 365 g/mol. The van der Waals surface area contributed by atoms with Crippen LogP contribution in [0.5, 0.6) is 0 Å². The molecule has 1 heterocycles. The van der Waals surface area contributed by atoms with Gasteiger partial charge in [-0.25, -0.2) is 14.0 Å². The Hall–Kier alpha value is -3.42. The SMILES string of the molecule is CCOC(=O)c1cccc(NC(=O)N[C@H]2CCN(c3ccc(F)cc3)C2=O)c1. The molecule has 0 unspecified atom stereocenters. The van der Waals surface area contributed by atoms with E-state index in [-0.39, 0.29) is 18.3 Å². The van der Waals surface area contributed by atoms with E-state index in [1.165, 1.54) is 35.2 Å². The normalized spacial score (nSPS) is 16.0. The van der Waals surface area contributed by atoms with Gasteiger partial charge in [-0.2, -0.15) is 0 Å². The van der Waals surface area contributed by atoms with Gasteiger partial charge in [0.05, 0.1) is 12.2 Å². The number of halogens is 1. The Morgan fingerprint density at radius 2 is 1.96 bits per heavy atom. The maximum absolute atomic E-state index is 13.1. The fourth-order valence-corrected chi connectivity index (χ4v) is 2.96. The summed E-state index contributed by atoms with van der Waals surface area (Å²) < 4.78 is 18.0. The quantitative estimate of drug-likeness (QED) is 0.775. The van der Waals surface area contributed by atoms with Gasteiger partial charge in [-0.05, 0) is 55.8 Å². The topological polar surface area (TPSA) is 87.7 Å². The molecule has 1 saturated heterocycles. The van der Waals surface area contributed by atoms with Gasteiger partial charge in [0.2, 0.25) is 5.91 Å². The van der Waals surface area contributed by atoms with Gasteiger partial charge in [-0.1, -0.05) is 6.07 Å². The average molecular weight is 385 g/mol. The van der Waals surface area contributed by atoms with Gasteiger partial charge in [-0.15, -0.1) is 0 Å². The molecule has 0 bridgehead atoms.